The fraction of sp³-hybridized carbons (Fsp3) is 0.100. The molecule has 5 rings (SSSR count). The van der Waals surface area contributed by atoms with Crippen molar-refractivity contribution in [1.29, 1.82) is 0 Å². The van der Waals surface area contributed by atoms with Crippen molar-refractivity contribution in [2.24, 2.45) is 5.10 Å². The van der Waals surface area contributed by atoms with Gasteiger partial charge in [-0.15, -0.1) is 0 Å². The molecule has 1 aromatic heterocycles. The Balaban J connectivity index is 1.37. The van der Waals surface area contributed by atoms with Crippen LogP contribution in [0, 0.1) is 0 Å². The smallest absolute Gasteiger partial charge is 0.335 e. The zero-order valence-corrected chi connectivity index (χ0v) is 22.2. The molecule has 4 aromatic rings. The highest BCUT2D eigenvalue weighted by atomic mass is 35.5. The number of nitrogens with zero attached hydrogens (tertiary/aromatic N) is 2. The number of halogens is 1. The summed E-state index contributed by atoms with van der Waals surface area (Å²) in [5, 5.41) is 29.1. The van der Waals surface area contributed by atoms with E-state index in [1.807, 2.05) is 0 Å². The molecule has 1 aliphatic rings. The van der Waals surface area contributed by atoms with Crippen molar-refractivity contribution in [2.75, 3.05) is 17.4 Å². The van der Waals surface area contributed by atoms with Gasteiger partial charge in [0.25, 0.3) is 5.91 Å². The molecule has 9 nitrogen and oxygen atoms in total. The molecule has 202 valence electrons. The molecular weight excluding hydrogens is 534 g/mol. The van der Waals surface area contributed by atoms with Gasteiger partial charge in [0, 0.05) is 22.9 Å². The number of anilines is 2. The third-order valence-electron chi connectivity index (χ3n) is 6.29. The number of ether oxygens (including phenoxy) is 1. The van der Waals surface area contributed by atoms with Gasteiger partial charge in [0.05, 0.1) is 34.7 Å². The van der Waals surface area contributed by atoms with E-state index in [1.165, 1.54) is 17.1 Å². The molecule has 2 heterocycles. The van der Waals surface area contributed by atoms with Gasteiger partial charge < -0.3 is 24.7 Å². The number of benzene rings is 3. The van der Waals surface area contributed by atoms with Crippen LogP contribution in [0.5, 0.6) is 5.75 Å². The molecule has 3 N–H and O–H groups in total. The summed E-state index contributed by atoms with van der Waals surface area (Å²) in [7, 11) is 1.55. The van der Waals surface area contributed by atoms with Crippen LogP contribution in [-0.4, -0.2) is 41.1 Å². The van der Waals surface area contributed by atoms with Gasteiger partial charge in [0.15, 0.2) is 6.23 Å². The molecule has 1 atom stereocenters. The molecule has 0 saturated carbocycles. The average molecular weight is 558 g/mol. The van der Waals surface area contributed by atoms with Gasteiger partial charge >= 0.3 is 5.97 Å². The molecule has 0 saturated heterocycles. The summed E-state index contributed by atoms with van der Waals surface area (Å²) >= 11 is 6.34. The molecule has 1 amide bonds. The molecule has 0 bridgehead atoms. The van der Waals surface area contributed by atoms with E-state index < -0.39 is 12.2 Å². The Morgan fingerprint density at radius 2 is 1.88 bits per heavy atom. The maximum atomic E-state index is 13.0. The number of hydrogen-bond acceptors (Lipinski definition) is 7. The number of hydrogen-bond donors (Lipinski definition) is 3. The molecule has 3 aromatic carbocycles. The van der Waals surface area contributed by atoms with E-state index in [9.17, 15) is 19.8 Å². The van der Waals surface area contributed by atoms with Crippen molar-refractivity contribution >= 4 is 46.6 Å². The first-order valence-electron chi connectivity index (χ1n) is 12.2. The van der Waals surface area contributed by atoms with Gasteiger partial charge in [-0.3, -0.25) is 4.79 Å². The van der Waals surface area contributed by atoms with Gasteiger partial charge in [0.2, 0.25) is 0 Å². The van der Waals surface area contributed by atoms with Crippen LogP contribution in [0.3, 0.4) is 0 Å². The lowest BCUT2D eigenvalue weighted by atomic mass is 10.1. The number of aliphatic hydroxyl groups excluding tert-OH is 1. The van der Waals surface area contributed by atoms with Crippen LogP contribution in [0.25, 0.3) is 17.4 Å². The lowest BCUT2D eigenvalue weighted by Crippen LogP contribution is -2.27. The second-order valence-electron chi connectivity index (χ2n) is 8.94. The van der Waals surface area contributed by atoms with Gasteiger partial charge in [-0.05, 0) is 73.7 Å². The Morgan fingerprint density at radius 3 is 2.65 bits per heavy atom. The number of carbonyl (C=O) groups excluding carboxylic acids is 1. The SMILES string of the molecule is COc1cccc(NC(=O)c2cc(-c3ccc(/C=C4/C(C)=NN(c5cccc(C(=O)O)c5)C4O)o3)ccc2Cl)c1. The number of carboxylic acid groups (broad SMARTS) is 1. The predicted molar refractivity (Wildman–Crippen MR) is 153 cm³/mol. The van der Waals surface area contributed by atoms with Crippen LogP contribution in [0.1, 0.15) is 33.4 Å². The second kappa shape index (κ2) is 11.1. The predicted octanol–water partition coefficient (Wildman–Crippen LogP) is 6.16. The maximum Gasteiger partial charge on any atom is 0.335 e. The topological polar surface area (TPSA) is 125 Å². The van der Waals surface area contributed by atoms with Crippen molar-refractivity contribution < 1.29 is 29.0 Å². The minimum Gasteiger partial charge on any atom is -0.497 e. The summed E-state index contributed by atoms with van der Waals surface area (Å²) in [4.78, 5) is 24.3. The van der Waals surface area contributed by atoms with Crippen molar-refractivity contribution in [2.45, 2.75) is 13.2 Å². The molecule has 0 spiro atoms. The Hall–Kier alpha value is -4.86. The Kier molecular flexibility index (Phi) is 7.41. The van der Waals surface area contributed by atoms with Crippen LogP contribution < -0.4 is 15.1 Å². The Labute approximate surface area is 234 Å². The van der Waals surface area contributed by atoms with Gasteiger partial charge in [-0.25, -0.2) is 9.80 Å². The minimum absolute atomic E-state index is 0.0881. The van der Waals surface area contributed by atoms with Gasteiger partial charge in [-0.2, -0.15) is 5.10 Å². The third kappa shape index (κ3) is 5.47. The number of hydrazone groups is 1. The number of aliphatic hydroxyl groups is 1. The highest BCUT2D eigenvalue weighted by Crippen LogP contribution is 2.32. The number of carbonyl (C=O) groups is 2. The van der Waals surface area contributed by atoms with Crippen molar-refractivity contribution in [3.63, 3.8) is 0 Å². The average Bonchev–Trinajstić information content (AvgIpc) is 3.53. The number of amides is 1. The fourth-order valence-corrected chi connectivity index (χ4v) is 4.45. The maximum absolute atomic E-state index is 13.0. The van der Waals surface area contributed by atoms with Crippen LogP contribution >= 0.6 is 11.6 Å². The zero-order chi connectivity index (χ0) is 28.4. The first kappa shape index (κ1) is 26.7. The van der Waals surface area contributed by atoms with E-state index in [-0.39, 0.29) is 22.1 Å². The standard InChI is InChI=1S/C30H24ClN3O6/c1-17-24(29(36)34(33-17)21-7-3-5-19(13-21)30(37)38)16-23-10-12-27(40-23)18-9-11-26(31)25(14-18)28(35)32-20-6-4-8-22(15-20)39-2/h3-16,29,36H,1-2H3,(H,32,35)(H,37,38)/b24-16-. The van der Waals surface area contributed by atoms with Crippen molar-refractivity contribution in [3.05, 3.63) is 106 Å². The number of methoxy groups -OCH3 is 1. The van der Waals surface area contributed by atoms with Gasteiger partial charge in [0.1, 0.15) is 17.3 Å². The zero-order valence-electron chi connectivity index (χ0n) is 21.5. The van der Waals surface area contributed by atoms with E-state index in [4.69, 9.17) is 20.8 Å². The third-order valence-corrected chi connectivity index (χ3v) is 6.62. The molecule has 1 aliphatic heterocycles. The van der Waals surface area contributed by atoms with Crippen molar-refractivity contribution in [3.8, 4) is 17.1 Å². The summed E-state index contributed by atoms with van der Waals surface area (Å²) in [6.07, 6.45) is 0.528. The van der Waals surface area contributed by atoms with E-state index in [0.29, 0.717) is 45.5 Å². The summed E-state index contributed by atoms with van der Waals surface area (Å²) in [5.41, 5.74) is 3.04. The van der Waals surface area contributed by atoms with Crippen LogP contribution in [0.15, 0.2) is 94.0 Å². The highest BCUT2D eigenvalue weighted by molar-refractivity contribution is 6.34. The summed E-state index contributed by atoms with van der Waals surface area (Å²) in [6, 6.07) is 21.7. The first-order chi connectivity index (χ1) is 19.2. The minimum atomic E-state index is -1.14. The van der Waals surface area contributed by atoms with Crippen LogP contribution in [0.4, 0.5) is 11.4 Å². The summed E-state index contributed by atoms with van der Waals surface area (Å²) in [6.45, 7) is 1.74. The molecule has 0 aliphatic carbocycles. The first-order valence-corrected chi connectivity index (χ1v) is 12.5. The summed E-state index contributed by atoms with van der Waals surface area (Å²) < 4.78 is 11.2. The number of aromatic carboxylic acids is 1. The van der Waals surface area contributed by atoms with E-state index >= 15 is 0 Å². The largest absolute Gasteiger partial charge is 0.497 e. The Bertz CT molecular complexity index is 1680. The molecular formula is C30H24ClN3O6. The van der Waals surface area contributed by atoms with Gasteiger partial charge in [-0.1, -0.05) is 23.7 Å². The van der Waals surface area contributed by atoms with Crippen molar-refractivity contribution in [1.82, 2.24) is 0 Å². The summed E-state index contributed by atoms with van der Waals surface area (Å²) in [5.74, 6) is 0.101. The Morgan fingerprint density at radius 1 is 1.07 bits per heavy atom. The van der Waals surface area contributed by atoms with E-state index in [0.717, 1.165) is 0 Å². The van der Waals surface area contributed by atoms with Crippen LogP contribution in [0.2, 0.25) is 5.02 Å². The number of carboxylic acids is 1. The molecule has 1 unspecified atom stereocenters. The molecule has 40 heavy (non-hydrogen) atoms. The quantitative estimate of drug-likeness (QED) is 0.248. The molecule has 0 fully saturated rings. The van der Waals surface area contributed by atoms with E-state index in [1.54, 1.807) is 86.8 Å². The van der Waals surface area contributed by atoms with Crippen LogP contribution in [-0.2, 0) is 0 Å². The fourth-order valence-electron chi connectivity index (χ4n) is 4.24. The second-order valence-corrected chi connectivity index (χ2v) is 9.35. The lowest BCUT2D eigenvalue weighted by Gasteiger charge is -2.19. The number of rotatable bonds is 7. The number of nitrogens with one attached hydrogen (secondary N) is 1. The molecule has 10 heteroatoms. The molecule has 0 radical (unpaired) electrons. The normalized spacial score (nSPS) is 15.7. The highest BCUT2D eigenvalue weighted by Gasteiger charge is 2.29. The lowest BCUT2D eigenvalue weighted by molar-refractivity contribution is 0.0696. The monoisotopic (exact) mass is 557 g/mol. The van der Waals surface area contributed by atoms with E-state index in [2.05, 4.69) is 10.4 Å². The number of furan rings is 1.